The van der Waals surface area contributed by atoms with Gasteiger partial charge in [-0.05, 0) is 42.5 Å². The van der Waals surface area contributed by atoms with Crippen LogP contribution in [0.1, 0.15) is 15.9 Å². The molecule has 1 N–H and O–H groups in total. The normalized spacial score (nSPS) is 14.0. The first-order valence-corrected chi connectivity index (χ1v) is 13.1. The maximum atomic E-state index is 15.4. The third kappa shape index (κ3) is 5.05. The maximum Gasteiger partial charge on any atom is 0.416 e. The van der Waals surface area contributed by atoms with Crippen molar-refractivity contribution in [1.82, 2.24) is 9.97 Å². The average Bonchev–Trinajstić information content (AvgIpc) is 2.97. The van der Waals surface area contributed by atoms with Gasteiger partial charge in [0, 0.05) is 46.2 Å². The zero-order chi connectivity index (χ0) is 28.7. The average molecular weight is 581 g/mol. The Bertz CT molecular complexity index is 1800. The van der Waals surface area contributed by atoms with Gasteiger partial charge in [-0.3, -0.25) is 14.8 Å². The Labute approximate surface area is 236 Å². The standard InChI is InChI=1S/C30H21ClF4N4O2/c31-22-7-5-17(30(33,34)35)15-21(22)26-23(32)8-6-20-27(26)37-16-25(28(20)39-11-13-41-14-12-39)38-29(40)19-9-10-36-24-4-2-1-3-18(19)24/h1-10,15-16H,11-14H2,(H,38,40). The largest absolute Gasteiger partial charge is 0.416 e. The van der Waals surface area contributed by atoms with E-state index >= 15 is 4.39 Å². The number of halogens is 5. The van der Waals surface area contributed by atoms with Crippen molar-refractivity contribution >= 4 is 50.7 Å². The summed E-state index contributed by atoms with van der Waals surface area (Å²) in [6.45, 7) is 1.77. The number of anilines is 2. The highest BCUT2D eigenvalue weighted by atomic mass is 35.5. The number of nitrogens with zero attached hydrogens (tertiary/aromatic N) is 3. The van der Waals surface area contributed by atoms with Gasteiger partial charge in [0.1, 0.15) is 5.82 Å². The molecule has 0 unspecified atom stereocenters. The Morgan fingerprint density at radius 1 is 0.976 bits per heavy atom. The second-order valence-electron chi connectivity index (χ2n) is 9.46. The number of aromatic nitrogens is 2. The van der Waals surface area contributed by atoms with Gasteiger partial charge in [-0.25, -0.2) is 4.39 Å². The van der Waals surface area contributed by atoms with Gasteiger partial charge in [-0.2, -0.15) is 13.2 Å². The molecule has 0 aliphatic carbocycles. The monoisotopic (exact) mass is 580 g/mol. The van der Waals surface area contributed by atoms with Crippen LogP contribution in [0.5, 0.6) is 0 Å². The molecule has 41 heavy (non-hydrogen) atoms. The number of carbonyl (C=O) groups is 1. The van der Waals surface area contributed by atoms with Crippen molar-refractivity contribution < 1.29 is 27.1 Å². The maximum absolute atomic E-state index is 15.4. The number of hydrogen-bond donors (Lipinski definition) is 1. The highest BCUT2D eigenvalue weighted by Crippen LogP contribution is 2.43. The van der Waals surface area contributed by atoms with Crippen LogP contribution >= 0.6 is 11.6 Å². The molecule has 0 radical (unpaired) electrons. The number of nitrogens with one attached hydrogen (secondary N) is 1. The van der Waals surface area contributed by atoms with Crippen LogP contribution in [0, 0.1) is 5.82 Å². The highest BCUT2D eigenvalue weighted by molar-refractivity contribution is 6.33. The van der Waals surface area contributed by atoms with Crippen molar-refractivity contribution in [3.63, 3.8) is 0 Å². The van der Waals surface area contributed by atoms with Gasteiger partial charge in [-0.15, -0.1) is 0 Å². The van der Waals surface area contributed by atoms with E-state index in [1.165, 1.54) is 18.3 Å². The summed E-state index contributed by atoms with van der Waals surface area (Å²) >= 11 is 6.31. The smallest absolute Gasteiger partial charge is 0.378 e. The third-order valence-electron chi connectivity index (χ3n) is 6.99. The van der Waals surface area contributed by atoms with Gasteiger partial charge in [0.15, 0.2) is 0 Å². The zero-order valence-electron chi connectivity index (χ0n) is 21.3. The Hall–Kier alpha value is -4.28. The molecule has 1 saturated heterocycles. The van der Waals surface area contributed by atoms with Crippen LogP contribution in [0.15, 0.2) is 73.1 Å². The molecule has 0 bridgehead atoms. The number of fused-ring (bicyclic) bond motifs is 2. The van der Waals surface area contributed by atoms with E-state index in [2.05, 4.69) is 15.3 Å². The summed E-state index contributed by atoms with van der Waals surface area (Å²) in [5.41, 5.74) is 0.821. The molecule has 208 valence electrons. The number of rotatable bonds is 4. The summed E-state index contributed by atoms with van der Waals surface area (Å²) in [5.74, 6) is -1.18. The number of amides is 1. The lowest BCUT2D eigenvalue weighted by molar-refractivity contribution is -0.137. The molecule has 1 aliphatic rings. The van der Waals surface area contributed by atoms with Gasteiger partial charge >= 0.3 is 6.18 Å². The van der Waals surface area contributed by atoms with E-state index in [1.54, 1.807) is 24.4 Å². The summed E-state index contributed by atoms with van der Waals surface area (Å²) in [7, 11) is 0. The number of hydrogen-bond acceptors (Lipinski definition) is 5. The number of alkyl halides is 3. The van der Waals surface area contributed by atoms with Gasteiger partial charge in [0.05, 0.1) is 52.9 Å². The zero-order valence-corrected chi connectivity index (χ0v) is 22.1. The van der Waals surface area contributed by atoms with Crippen LogP contribution in [-0.2, 0) is 10.9 Å². The van der Waals surface area contributed by atoms with Crippen molar-refractivity contribution in [2.24, 2.45) is 0 Å². The second-order valence-corrected chi connectivity index (χ2v) is 9.87. The molecule has 0 spiro atoms. The van der Waals surface area contributed by atoms with E-state index in [0.717, 1.165) is 18.2 Å². The first-order valence-electron chi connectivity index (χ1n) is 12.7. The molecule has 5 aromatic rings. The molecule has 11 heteroatoms. The summed E-state index contributed by atoms with van der Waals surface area (Å²) in [6.07, 6.45) is -1.72. The van der Waals surface area contributed by atoms with E-state index in [-0.39, 0.29) is 21.7 Å². The first-order chi connectivity index (χ1) is 19.7. The number of pyridine rings is 2. The van der Waals surface area contributed by atoms with E-state index in [9.17, 15) is 18.0 Å². The molecule has 3 heterocycles. The fraction of sp³-hybridized carbons (Fsp3) is 0.167. The highest BCUT2D eigenvalue weighted by Gasteiger charge is 2.32. The van der Waals surface area contributed by atoms with Crippen molar-refractivity contribution in [2.75, 3.05) is 36.5 Å². The molecule has 6 rings (SSSR count). The van der Waals surface area contributed by atoms with Crippen LogP contribution in [0.3, 0.4) is 0 Å². The molecule has 1 fully saturated rings. The molecule has 2 aromatic heterocycles. The van der Waals surface area contributed by atoms with Gasteiger partial charge in [-0.1, -0.05) is 29.8 Å². The molecule has 6 nitrogen and oxygen atoms in total. The quantitative estimate of drug-likeness (QED) is 0.225. The molecule has 0 atom stereocenters. The summed E-state index contributed by atoms with van der Waals surface area (Å²) in [5, 5.41) is 3.99. The van der Waals surface area contributed by atoms with Crippen LogP contribution in [0.4, 0.5) is 28.9 Å². The lowest BCUT2D eigenvalue weighted by Crippen LogP contribution is -2.37. The minimum atomic E-state index is -4.65. The summed E-state index contributed by atoms with van der Waals surface area (Å²) in [4.78, 5) is 24.3. The molecule has 1 aliphatic heterocycles. The molecular formula is C30H21ClF4N4O2. The van der Waals surface area contributed by atoms with E-state index in [1.807, 2.05) is 17.0 Å². The molecule has 1 amide bonds. The van der Waals surface area contributed by atoms with Gasteiger partial charge in [0.2, 0.25) is 0 Å². The second kappa shape index (κ2) is 10.6. The Morgan fingerprint density at radius 3 is 2.54 bits per heavy atom. The molecular weight excluding hydrogens is 560 g/mol. The topological polar surface area (TPSA) is 67.4 Å². The molecule has 0 saturated carbocycles. The van der Waals surface area contributed by atoms with Gasteiger partial charge in [0.25, 0.3) is 5.91 Å². The lowest BCUT2D eigenvalue weighted by Gasteiger charge is -2.31. The van der Waals surface area contributed by atoms with Crippen molar-refractivity contribution in [2.45, 2.75) is 6.18 Å². The number of benzene rings is 3. The van der Waals surface area contributed by atoms with Crippen LogP contribution < -0.4 is 10.2 Å². The number of morpholine rings is 1. The molecule has 3 aromatic carbocycles. The van der Waals surface area contributed by atoms with E-state index in [4.69, 9.17) is 16.3 Å². The van der Waals surface area contributed by atoms with E-state index in [0.29, 0.717) is 59.5 Å². The minimum absolute atomic E-state index is 0.0546. The van der Waals surface area contributed by atoms with Crippen molar-refractivity contribution in [3.8, 4) is 11.1 Å². The van der Waals surface area contributed by atoms with Crippen LogP contribution in [-0.4, -0.2) is 42.2 Å². The van der Waals surface area contributed by atoms with Gasteiger partial charge < -0.3 is 15.0 Å². The number of ether oxygens (including phenoxy) is 1. The van der Waals surface area contributed by atoms with Crippen LogP contribution in [0.2, 0.25) is 5.02 Å². The third-order valence-corrected chi connectivity index (χ3v) is 7.32. The fourth-order valence-electron chi connectivity index (χ4n) is 5.08. The predicted octanol–water partition coefficient (Wildman–Crippen LogP) is 7.35. The van der Waals surface area contributed by atoms with Crippen molar-refractivity contribution in [1.29, 1.82) is 0 Å². The summed E-state index contributed by atoms with van der Waals surface area (Å²) < 4.78 is 61.5. The number of carbonyl (C=O) groups excluding carboxylic acids is 1. The van der Waals surface area contributed by atoms with E-state index < -0.39 is 23.5 Å². The fourth-order valence-corrected chi connectivity index (χ4v) is 5.29. The lowest BCUT2D eigenvalue weighted by atomic mass is 9.97. The van der Waals surface area contributed by atoms with Crippen LogP contribution in [0.25, 0.3) is 32.9 Å². The Kier molecular flexibility index (Phi) is 6.96. The SMILES string of the molecule is O=C(Nc1cnc2c(-c3cc(C(F)(F)F)ccc3Cl)c(F)ccc2c1N1CCOCC1)c1ccnc2ccccc12. The first kappa shape index (κ1) is 26.9. The Balaban J connectivity index is 1.53. The Morgan fingerprint density at radius 2 is 1.76 bits per heavy atom. The van der Waals surface area contributed by atoms with Crippen molar-refractivity contribution in [3.05, 3.63) is 95.0 Å². The summed E-state index contributed by atoms with van der Waals surface area (Å²) in [6, 6.07) is 14.3. The predicted molar refractivity (Wildman–Crippen MR) is 150 cm³/mol. The minimum Gasteiger partial charge on any atom is -0.378 e. The number of para-hydroxylation sites is 1.